The standard InChI is InChI=1S/C26H29N7O4/c1-26(2,3)37-25(36)28-13-21-23-20(18-12-29-32(14-18)15-22(35)31(4)5)10-11-27-24(23)33(30-21)19-8-6-17(16-34)7-9-19/h6-12,14,16H,13,15H2,1-5H3,(H,28,36). The third-order valence-corrected chi connectivity index (χ3v) is 5.45. The van der Waals surface area contributed by atoms with E-state index in [1.165, 1.54) is 4.90 Å². The number of benzene rings is 1. The fourth-order valence-corrected chi connectivity index (χ4v) is 3.69. The third kappa shape index (κ3) is 5.83. The number of aromatic nitrogens is 5. The van der Waals surface area contributed by atoms with Crippen LogP contribution < -0.4 is 5.32 Å². The molecular weight excluding hydrogens is 474 g/mol. The molecule has 0 aliphatic rings. The summed E-state index contributed by atoms with van der Waals surface area (Å²) in [5.74, 6) is -0.0802. The topological polar surface area (TPSA) is 124 Å². The van der Waals surface area contributed by atoms with Crippen LogP contribution in [0.2, 0.25) is 0 Å². The van der Waals surface area contributed by atoms with Crippen LogP contribution in [0.25, 0.3) is 27.8 Å². The maximum absolute atomic E-state index is 12.4. The molecular formula is C26H29N7O4. The molecule has 3 aromatic heterocycles. The highest BCUT2D eigenvalue weighted by molar-refractivity contribution is 5.95. The van der Waals surface area contributed by atoms with E-state index in [0.29, 0.717) is 22.6 Å². The van der Waals surface area contributed by atoms with E-state index in [1.54, 1.807) is 87.1 Å². The molecule has 4 aromatic rings. The number of alkyl carbamates (subject to hydrolysis) is 1. The Labute approximate surface area is 214 Å². The van der Waals surface area contributed by atoms with Crippen molar-refractivity contribution < 1.29 is 19.1 Å². The molecule has 0 radical (unpaired) electrons. The quantitative estimate of drug-likeness (QED) is 0.384. The van der Waals surface area contributed by atoms with Crippen LogP contribution >= 0.6 is 0 Å². The summed E-state index contributed by atoms with van der Waals surface area (Å²) in [4.78, 5) is 41.7. The van der Waals surface area contributed by atoms with E-state index in [9.17, 15) is 14.4 Å². The highest BCUT2D eigenvalue weighted by atomic mass is 16.6. The van der Waals surface area contributed by atoms with Gasteiger partial charge in [0.05, 0.1) is 29.5 Å². The first-order valence-electron chi connectivity index (χ1n) is 11.7. The summed E-state index contributed by atoms with van der Waals surface area (Å²) in [6.07, 6.45) is 5.35. The van der Waals surface area contributed by atoms with Gasteiger partial charge in [-0.05, 0) is 56.7 Å². The molecule has 0 bridgehead atoms. The number of nitrogens with one attached hydrogen (secondary N) is 1. The molecule has 0 fully saturated rings. The number of fused-ring (bicyclic) bond motifs is 1. The number of pyridine rings is 1. The Morgan fingerprint density at radius 2 is 1.86 bits per heavy atom. The molecule has 11 nitrogen and oxygen atoms in total. The minimum Gasteiger partial charge on any atom is -0.444 e. The smallest absolute Gasteiger partial charge is 0.407 e. The van der Waals surface area contributed by atoms with E-state index in [1.807, 2.05) is 6.07 Å². The van der Waals surface area contributed by atoms with Crippen LogP contribution in [0.5, 0.6) is 0 Å². The number of carbonyl (C=O) groups is 3. The number of hydrogen-bond acceptors (Lipinski definition) is 7. The van der Waals surface area contributed by atoms with Crippen molar-refractivity contribution in [1.82, 2.24) is 34.8 Å². The molecule has 37 heavy (non-hydrogen) atoms. The number of carbonyl (C=O) groups excluding carboxylic acids is 3. The summed E-state index contributed by atoms with van der Waals surface area (Å²) >= 11 is 0. The van der Waals surface area contributed by atoms with Gasteiger partial charge >= 0.3 is 6.09 Å². The van der Waals surface area contributed by atoms with Crippen molar-refractivity contribution in [2.24, 2.45) is 0 Å². The normalized spacial score (nSPS) is 11.4. The molecule has 1 aromatic carbocycles. The van der Waals surface area contributed by atoms with Crippen molar-refractivity contribution in [1.29, 1.82) is 0 Å². The van der Waals surface area contributed by atoms with Gasteiger partial charge in [0.2, 0.25) is 5.91 Å². The van der Waals surface area contributed by atoms with Crippen molar-refractivity contribution in [3.05, 3.63) is 60.2 Å². The summed E-state index contributed by atoms with van der Waals surface area (Å²) in [6.45, 7) is 5.58. The molecule has 0 spiro atoms. The average molecular weight is 504 g/mol. The van der Waals surface area contributed by atoms with Crippen LogP contribution in [0.1, 0.15) is 36.8 Å². The van der Waals surface area contributed by atoms with Crippen LogP contribution in [-0.2, 0) is 22.6 Å². The molecule has 0 aliphatic carbocycles. The number of nitrogens with zero attached hydrogens (tertiary/aromatic N) is 6. The zero-order chi connectivity index (χ0) is 26.7. The number of ether oxygens (including phenoxy) is 1. The van der Waals surface area contributed by atoms with Crippen molar-refractivity contribution in [2.75, 3.05) is 14.1 Å². The maximum Gasteiger partial charge on any atom is 0.407 e. The summed E-state index contributed by atoms with van der Waals surface area (Å²) < 4.78 is 8.62. The first-order chi connectivity index (χ1) is 17.6. The van der Waals surface area contributed by atoms with Gasteiger partial charge in [-0.1, -0.05) is 0 Å². The molecule has 4 rings (SSSR count). The van der Waals surface area contributed by atoms with Crippen molar-refractivity contribution in [3.8, 4) is 16.8 Å². The van der Waals surface area contributed by atoms with Crippen LogP contribution in [0.4, 0.5) is 4.79 Å². The van der Waals surface area contributed by atoms with E-state index in [-0.39, 0.29) is 19.0 Å². The van der Waals surface area contributed by atoms with Crippen molar-refractivity contribution in [3.63, 3.8) is 0 Å². The predicted molar refractivity (Wildman–Crippen MR) is 137 cm³/mol. The lowest BCUT2D eigenvalue weighted by Crippen LogP contribution is -2.32. The maximum atomic E-state index is 12.4. The molecule has 192 valence electrons. The minimum absolute atomic E-state index is 0.0802. The van der Waals surface area contributed by atoms with Crippen molar-refractivity contribution in [2.45, 2.75) is 39.5 Å². The second-order valence-corrected chi connectivity index (χ2v) is 9.70. The predicted octanol–water partition coefficient (Wildman–Crippen LogP) is 3.21. The zero-order valence-corrected chi connectivity index (χ0v) is 21.4. The Bertz CT molecular complexity index is 1450. The van der Waals surface area contributed by atoms with Crippen LogP contribution in [0, 0.1) is 0 Å². The summed E-state index contributed by atoms with van der Waals surface area (Å²) in [5.41, 5.74) is 3.31. The lowest BCUT2D eigenvalue weighted by molar-refractivity contribution is -0.129. The number of hydrogen-bond donors (Lipinski definition) is 1. The fourth-order valence-electron chi connectivity index (χ4n) is 3.69. The van der Waals surface area contributed by atoms with Crippen LogP contribution in [0.15, 0.2) is 48.9 Å². The van der Waals surface area contributed by atoms with E-state index >= 15 is 0 Å². The number of amides is 2. The highest BCUT2D eigenvalue weighted by Gasteiger charge is 2.21. The first-order valence-corrected chi connectivity index (χ1v) is 11.7. The SMILES string of the molecule is CN(C)C(=O)Cn1cc(-c2ccnc3c2c(CNC(=O)OC(C)(C)C)nn3-c2ccc(C=O)cc2)cn1. The average Bonchev–Trinajstić information content (AvgIpc) is 3.46. The minimum atomic E-state index is -0.642. The number of aldehydes is 1. The molecule has 0 aliphatic heterocycles. The largest absolute Gasteiger partial charge is 0.444 e. The van der Waals surface area contributed by atoms with Gasteiger partial charge in [-0.15, -0.1) is 0 Å². The molecule has 0 atom stereocenters. The summed E-state index contributed by atoms with van der Waals surface area (Å²) in [5, 5.41) is 12.6. The summed E-state index contributed by atoms with van der Waals surface area (Å²) in [6, 6.07) is 8.80. The lowest BCUT2D eigenvalue weighted by atomic mass is 10.1. The van der Waals surface area contributed by atoms with Gasteiger partial charge < -0.3 is 15.0 Å². The Morgan fingerprint density at radius 1 is 1.14 bits per heavy atom. The monoisotopic (exact) mass is 503 g/mol. The third-order valence-electron chi connectivity index (χ3n) is 5.45. The van der Waals surface area contributed by atoms with E-state index in [4.69, 9.17) is 9.84 Å². The lowest BCUT2D eigenvalue weighted by Gasteiger charge is -2.19. The second kappa shape index (κ2) is 10.2. The second-order valence-electron chi connectivity index (χ2n) is 9.70. The molecule has 2 amide bonds. The Hall–Kier alpha value is -4.54. The van der Waals surface area contributed by atoms with E-state index in [0.717, 1.165) is 22.8 Å². The van der Waals surface area contributed by atoms with Gasteiger partial charge in [0.25, 0.3) is 0 Å². The first kappa shape index (κ1) is 25.5. The van der Waals surface area contributed by atoms with Gasteiger partial charge in [0, 0.05) is 37.6 Å². The van der Waals surface area contributed by atoms with Crippen molar-refractivity contribution >= 4 is 29.3 Å². The number of likely N-dealkylation sites (N-methyl/N-ethyl adjacent to an activating group) is 1. The molecule has 1 N–H and O–H groups in total. The van der Waals surface area contributed by atoms with Gasteiger partial charge in [0.15, 0.2) is 5.65 Å². The molecule has 0 saturated heterocycles. The van der Waals surface area contributed by atoms with Crippen LogP contribution in [-0.4, -0.2) is 67.4 Å². The highest BCUT2D eigenvalue weighted by Crippen LogP contribution is 2.31. The summed E-state index contributed by atoms with van der Waals surface area (Å²) in [7, 11) is 3.39. The molecule has 0 unspecified atom stereocenters. The van der Waals surface area contributed by atoms with Gasteiger partial charge in [-0.2, -0.15) is 10.2 Å². The molecule has 3 heterocycles. The molecule has 11 heteroatoms. The number of rotatable bonds is 7. The van der Waals surface area contributed by atoms with Gasteiger partial charge in [-0.3, -0.25) is 14.3 Å². The fraction of sp³-hybridized carbons (Fsp3) is 0.308. The van der Waals surface area contributed by atoms with Gasteiger partial charge in [-0.25, -0.2) is 14.5 Å². The van der Waals surface area contributed by atoms with Crippen LogP contribution in [0.3, 0.4) is 0 Å². The zero-order valence-electron chi connectivity index (χ0n) is 21.4. The Kier molecular flexibility index (Phi) is 7.05. The Morgan fingerprint density at radius 3 is 2.51 bits per heavy atom. The van der Waals surface area contributed by atoms with E-state index in [2.05, 4.69) is 15.4 Å². The Balaban J connectivity index is 1.78. The molecule has 0 saturated carbocycles. The van der Waals surface area contributed by atoms with Gasteiger partial charge in [0.1, 0.15) is 18.4 Å². The van der Waals surface area contributed by atoms with E-state index < -0.39 is 11.7 Å².